The van der Waals surface area contributed by atoms with Gasteiger partial charge in [0.2, 0.25) is 0 Å². The van der Waals surface area contributed by atoms with Gasteiger partial charge in [-0.2, -0.15) is 0 Å². The first-order valence-electron chi connectivity index (χ1n) is 6.35. The van der Waals surface area contributed by atoms with Crippen molar-refractivity contribution < 1.29 is 14.2 Å². The van der Waals surface area contributed by atoms with Crippen LogP contribution in [0.2, 0.25) is 0 Å². The third-order valence-corrected chi connectivity index (χ3v) is 2.26. The maximum atomic E-state index is 5.37. The van der Waals surface area contributed by atoms with E-state index >= 15 is 0 Å². The maximum absolute atomic E-state index is 5.37. The van der Waals surface area contributed by atoms with Crippen LogP contribution in [0.5, 0.6) is 0 Å². The Morgan fingerprint density at radius 3 is 2.28 bits per heavy atom. The molecule has 108 valence electrons. The average Bonchev–Trinajstić information content (AvgIpc) is 2.40. The summed E-state index contributed by atoms with van der Waals surface area (Å²) in [6, 6.07) is 0. The standard InChI is InChI=1S/C12H27N3O3/c1-13-12(15-7-9-16-2)14-6-4-5-8-18-11-10-17-3/h4-11H2,1-3H3,(H2,13,14,15). The van der Waals surface area contributed by atoms with Crippen molar-refractivity contribution in [2.75, 3.05) is 60.8 Å². The highest BCUT2D eigenvalue weighted by Gasteiger charge is 1.96. The average molecular weight is 261 g/mol. The van der Waals surface area contributed by atoms with E-state index in [1.165, 1.54) is 0 Å². The number of guanidine groups is 1. The van der Waals surface area contributed by atoms with Crippen LogP contribution in [0.1, 0.15) is 12.8 Å². The molecule has 0 unspecified atom stereocenters. The van der Waals surface area contributed by atoms with Gasteiger partial charge in [0, 0.05) is 41.0 Å². The summed E-state index contributed by atoms with van der Waals surface area (Å²) < 4.78 is 15.2. The minimum absolute atomic E-state index is 0.661. The molecule has 0 spiro atoms. The lowest BCUT2D eigenvalue weighted by molar-refractivity contribution is 0.0689. The number of rotatable bonds is 11. The van der Waals surface area contributed by atoms with Crippen LogP contribution < -0.4 is 10.6 Å². The second kappa shape index (κ2) is 14.2. The Morgan fingerprint density at radius 1 is 0.889 bits per heavy atom. The van der Waals surface area contributed by atoms with Crippen molar-refractivity contribution in [3.8, 4) is 0 Å². The predicted molar refractivity (Wildman–Crippen MR) is 73.2 cm³/mol. The molecule has 2 N–H and O–H groups in total. The van der Waals surface area contributed by atoms with Gasteiger partial charge in [0.25, 0.3) is 0 Å². The first-order valence-corrected chi connectivity index (χ1v) is 6.35. The van der Waals surface area contributed by atoms with E-state index in [1.807, 2.05) is 0 Å². The molecule has 0 aromatic heterocycles. The predicted octanol–water partition coefficient (Wildman–Crippen LogP) is 0.241. The summed E-state index contributed by atoms with van der Waals surface area (Å²) in [5, 5.41) is 6.39. The molecule has 0 rings (SSSR count). The monoisotopic (exact) mass is 261 g/mol. The molecule has 0 aliphatic heterocycles. The minimum atomic E-state index is 0.661. The molecule has 0 aliphatic rings. The van der Waals surface area contributed by atoms with Crippen LogP contribution >= 0.6 is 0 Å². The largest absolute Gasteiger partial charge is 0.383 e. The Kier molecular flexibility index (Phi) is 13.5. The van der Waals surface area contributed by atoms with E-state index in [2.05, 4.69) is 15.6 Å². The van der Waals surface area contributed by atoms with Crippen molar-refractivity contribution in [3.05, 3.63) is 0 Å². The molecule has 6 nitrogen and oxygen atoms in total. The number of unbranched alkanes of at least 4 members (excludes halogenated alkanes) is 1. The number of hydrogen-bond donors (Lipinski definition) is 2. The number of methoxy groups -OCH3 is 2. The van der Waals surface area contributed by atoms with Gasteiger partial charge in [-0.1, -0.05) is 0 Å². The van der Waals surface area contributed by atoms with Gasteiger partial charge in [-0.3, -0.25) is 4.99 Å². The summed E-state index contributed by atoms with van der Waals surface area (Å²) in [5.41, 5.74) is 0. The highest BCUT2D eigenvalue weighted by atomic mass is 16.5. The molecule has 0 amide bonds. The van der Waals surface area contributed by atoms with Gasteiger partial charge < -0.3 is 24.8 Å². The Hall–Kier alpha value is -0.850. The third-order valence-electron chi connectivity index (χ3n) is 2.26. The van der Waals surface area contributed by atoms with Crippen LogP contribution in [0.15, 0.2) is 4.99 Å². The van der Waals surface area contributed by atoms with Crippen LogP contribution in [-0.4, -0.2) is 66.7 Å². The first kappa shape index (κ1) is 17.2. The molecule has 0 heterocycles. The fraction of sp³-hybridized carbons (Fsp3) is 0.917. The summed E-state index contributed by atoms with van der Waals surface area (Å²) >= 11 is 0. The number of nitrogens with one attached hydrogen (secondary N) is 2. The van der Waals surface area contributed by atoms with E-state index < -0.39 is 0 Å². The van der Waals surface area contributed by atoms with Gasteiger partial charge in [-0.15, -0.1) is 0 Å². The molecule has 0 aliphatic carbocycles. The smallest absolute Gasteiger partial charge is 0.191 e. The van der Waals surface area contributed by atoms with Crippen molar-refractivity contribution >= 4 is 5.96 Å². The SMILES string of the molecule is CN=C(NCCCCOCCOC)NCCOC. The fourth-order valence-electron chi connectivity index (χ4n) is 1.27. The van der Waals surface area contributed by atoms with E-state index in [-0.39, 0.29) is 0 Å². The van der Waals surface area contributed by atoms with Crippen LogP contribution in [-0.2, 0) is 14.2 Å². The van der Waals surface area contributed by atoms with Gasteiger partial charge in [0.15, 0.2) is 5.96 Å². The first-order chi connectivity index (χ1) is 8.85. The molecule has 0 atom stereocenters. The van der Waals surface area contributed by atoms with Gasteiger partial charge >= 0.3 is 0 Å². The number of nitrogens with zero attached hydrogens (tertiary/aromatic N) is 1. The molecule has 0 saturated heterocycles. The summed E-state index contributed by atoms with van der Waals surface area (Å²) in [5.74, 6) is 0.812. The Morgan fingerprint density at radius 2 is 1.61 bits per heavy atom. The number of hydrogen-bond acceptors (Lipinski definition) is 4. The number of aliphatic imine (C=N–C) groups is 1. The van der Waals surface area contributed by atoms with Crippen molar-refractivity contribution in [1.29, 1.82) is 0 Å². The fourth-order valence-corrected chi connectivity index (χ4v) is 1.27. The topological polar surface area (TPSA) is 64.1 Å². The summed E-state index contributed by atoms with van der Waals surface area (Å²) in [7, 11) is 5.12. The quantitative estimate of drug-likeness (QED) is 0.317. The molecule has 0 radical (unpaired) electrons. The van der Waals surface area contributed by atoms with Crippen LogP contribution in [0.3, 0.4) is 0 Å². The van der Waals surface area contributed by atoms with Crippen LogP contribution in [0, 0.1) is 0 Å². The molecule has 0 bridgehead atoms. The summed E-state index contributed by atoms with van der Waals surface area (Å²) in [6.45, 7) is 4.43. The molecule has 0 aromatic rings. The van der Waals surface area contributed by atoms with E-state index in [9.17, 15) is 0 Å². The molecular weight excluding hydrogens is 234 g/mol. The molecule has 0 saturated carbocycles. The van der Waals surface area contributed by atoms with Crippen LogP contribution in [0.25, 0.3) is 0 Å². The molecule has 18 heavy (non-hydrogen) atoms. The second-order valence-electron chi connectivity index (χ2n) is 3.73. The lowest BCUT2D eigenvalue weighted by Gasteiger charge is -2.11. The van der Waals surface area contributed by atoms with Crippen molar-refractivity contribution in [2.24, 2.45) is 4.99 Å². The molecule has 0 fully saturated rings. The van der Waals surface area contributed by atoms with Gasteiger partial charge in [-0.05, 0) is 12.8 Å². The van der Waals surface area contributed by atoms with Crippen molar-refractivity contribution in [2.45, 2.75) is 12.8 Å². The minimum Gasteiger partial charge on any atom is -0.383 e. The van der Waals surface area contributed by atoms with E-state index in [4.69, 9.17) is 14.2 Å². The third kappa shape index (κ3) is 11.6. The number of ether oxygens (including phenoxy) is 3. The molecule has 0 aromatic carbocycles. The zero-order chi connectivity index (χ0) is 13.5. The van der Waals surface area contributed by atoms with Crippen molar-refractivity contribution in [3.63, 3.8) is 0 Å². The van der Waals surface area contributed by atoms with Gasteiger partial charge in [0.05, 0.1) is 19.8 Å². The molecular formula is C12H27N3O3. The zero-order valence-electron chi connectivity index (χ0n) is 11.8. The van der Waals surface area contributed by atoms with Crippen molar-refractivity contribution in [1.82, 2.24) is 10.6 Å². The normalized spacial score (nSPS) is 11.6. The van der Waals surface area contributed by atoms with E-state index in [0.29, 0.717) is 19.8 Å². The maximum Gasteiger partial charge on any atom is 0.191 e. The highest BCUT2D eigenvalue weighted by Crippen LogP contribution is 1.88. The summed E-state index contributed by atoms with van der Waals surface area (Å²) in [6.07, 6.45) is 2.09. The van der Waals surface area contributed by atoms with Gasteiger partial charge in [0.1, 0.15) is 0 Å². The van der Waals surface area contributed by atoms with E-state index in [0.717, 1.165) is 38.5 Å². The Balaban J connectivity index is 3.29. The highest BCUT2D eigenvalue weighted by molar-refractivity contribution is 5.79. The Labute approximate surface area is 110 Å². The lowest BCUT2D eigenvalue weighted by Crippen LogP contribution is -2.39. The Bertz CT molecular complexity index is 201. The van der Waals surface area contributed by atoms with E-state index in [1.54, 1.807) is 21.3 Å². The molecule has 6 heteroatoms. The lowest BCUT2D eigenvalue weighted by atomic mass is 10.3. The second-order valence-corrected chi connectivity index (χ2v) is 3.73. The van der Waals surface area contributed by atoms with Gasteiger partial charge in [-0.25, -0.2) is 0 Å². The van der Waals surface area contributed by atoms with Crippen LogP contribution in [0.4, 0.5) is 0 Å². The summed E-state index contributed by atoms with van der Waals surface area (Å²) in [4.78, 5) is 4.11. The zero-order valence-corrected chi connectivity index (χ0v) is 11.8.